The number of nitrogens with one attached hydrogen (secondary N) is 1. The molecule has 0 aliphatic rings. The summed E-state index contributed by atoms with van der Waals surface area (Å²) in [5, 5.41) is 2.49. The number of anilines is 1. The average Bonchev–Trinajstić information content (AvgIpc) is 2.64. The summed E-state index contributed by atoms with van der Waals surface area (Å²) in [6, 6.07) is 11.3. The molecular formula is C18H19FN2O5S. The number of hydrogen-bond acceptors (Lipinski definition) is 5. The van der Waals surface area contributed by atoms with E-state index in [4.69, 9.17) is 0 Å². The zero-order valence-corrected chi connectivity index (χ0v) is 15.6. The lowest BCUT2D eigenvalue weighted by atomic mass is 10.2. The smallest absolute Gasteiger partial charge is 0.337 e. The number of carbonyl (C=O) groups excluding carboxylic acids is 2. The molecule has 0 radical (unpaired) electrons. The SMILES string of the molecule is COC(=O)c1ccc(N(CCNC(=O)c2ccccc2F)S(C)(=O)=O)cc1. The lowest BCUT2D eigenvalue weighted by Crippen LogP contribution is -2.38. The van der Waals surface area contributed by atoms with Crippen molar-refractivity contribution in [1.29, 1.82) is 0 Å². The lowest BCUT2D eigenvalue weighted by Gasteiger charge is -2.22. The third-order valence-electron chi connectivity index (χ3n) is 3.70. The number of nitrogens with zero attached hydrogens (tertiary/aromatic N) is 1. The number of ether oxygens (including phenoxy) is 1. The predicted molar refractivity (Wildman–Crippen MR) is 98.7 cm³/mol. The van der Waals surface area contributed by atoms with Crippen molar-refractivity contribution in [2.24, 2.45) is 0 Å². The highest BCUT2D eigenvalue weighted by Gasteiger charge is 2.19. The first-order valence-corrected chi connectivity index (χ1v) is 9.77. The summed E-state index contributed by atoms with van der Waals surface area (Å²) < 4.78 is 43.4. The monoisotopic (exact) mass is 394 g/mol. The molecule has 1 amide bonds. The molecule has 0 saturated heterocycles. The van der Waals surface area contributed by atoms with Gasteiger partial charge in [-0.05, 0) is 36.4 Å². The van der Waals surface area contributed by atoms with Crippen molar-refractivity contribution in [2.45, 2.75) is 0 Å². The minimum absolute atomic E-state index is 0.0288. The van der Waals surface area contributed by atoms with Crippen LogP contribution in [-0.2, 0) is 14.8 Å². The number of sulfonamides is 1. The second-order valence-electron chi connectivity index (χ2n) is 5.61. The minimum atomic E-state index is -3.64. The van der Waals surface area contributed by atoms with Crippen molar-refractivity contribution in [2.75, 3.05) is 30.8 Å². The van der Waals surface area contributed by atoms with E-state index < -0.39 is 27.7 Å². The van der Waals surface area contributed by atoms with Gasteiger partial charge in [-0.2, -0.15) is 0 Å². The molecule has 27 heavy (non-hydrogen) atoms. The van der Waals surface area contributed by atoms with Crippen LogP contribution in [0.5, 0.6) is 0 Å². The molecule has 2 rings (SSSR count). The highest BCUT2D eigenvalue weighted by Crippen LogP contribution is 2.18. The third kappa shape index (κ3) is 5.27. The van der Waals surface area contributed by atoms with Gasteiger partial charge in [-0.3, -0.25) is 9.10 Å². The van der Waals surface area contributed by atoms with Crippen molar-refractivity contribution in [1.82, 2.24) is 5.32 Å². The first-order valence-electron chi connectivity index (χ1n) is 7.93. The van der Waals surface area contributed by atoms with Gasteiger partial charge >= 0.3 is 5.97 Å². The van der Waals surface area contributed by atoms with Crippen LogP contribution in [0.3, 0.4) is 0 Å². The van der Waals surface area contributed by atoms with Crippen molar-refractivity contribution in [3.8, 4) is 0 Å². The Hall–Kier alpha value is -2.94. The van der Waals surface area contributed by atoms with Gasteiger partial charge in [-0.25, -0.2) is 17.6 Å². The van der Waals surface area contributed by atoms with E-state index in [0.717, 1.165) is 10.6 Å². The number of halogens is 1. The Balaban J connectivity index is 2.09. The second kappa shape index (κ2) is 8.63. The topological polar surface area (TPSA) is 92.8 Å². The third-order valence-corrected chi connectivity index (χ3v) is 4.89. The molecule has 0 aliphatic carbocycles. The van der Waals surface area contributed by atoms with Gasteiger partial charge in [0.15, 0.2) is 0 Å². The van der Waals surface area contributed by atoms with Crippen LogP contribution in [0.15, 0.2) is 48.5 Å². The van der Waals surface area contributed by atoms with E-state index in [1.54, 1.807) is 0 Å². The van der Waals surface area contributed by atoms with E-state index in [9.17, 15) is 22.4 Å². The molecule has 0 heterocycles. The Morgan fingerprint density at radius 3 is 2.30 bits per heavy atom. The molecule has 0 fully saturated rings. The summed E-state index contributed by atoms with van der Waals surface area (Å²) in [6.45, 7) is -0.0877. The van der Waals surface area contributed by atoms with E-state index >= 15 is 0 Å². The van der Waals surface area contributed by atoms with Crippen molar-refractivity contribution in [3.05, 3.63) is 65.5 Å². The van der Waals surface area contributed by atoms with Crippen LogP contribution >= 0.6 is 0 Å². The normalized spacial score (nSPS) is 10.9. The van der Waals surface area contributed by atoms with Gasteiger partial charge in [0.25, 0.3) is 5.91 Å². The molecule has 0 atom stereocenters. The van der Waals surface area contributed by atoms with Crippen molar-refractivity contribution in [3.63, 3.8) is 0 Å². The van der Waals surface area contributed by atoms with Crippen molar-refractivity contribution < 1.29 is 27.1 Å². The summed E-state index contributed by atoms with van der Waals surface area (Å²) >= 11 is 0. The molecule has 0 aromatic heterocycles. The molecule has 1 N–H and O–H groups in total. The molecule has 9 heteroatoms. The molecule has 144 valence electrons. The number of rotatable bonds is 7. The zero-order valence-electron chi connectivity index (χ0n) is 14.8. The van der Waals surface area contributed by atoms with Gasteiger partial charge in [-0.1, -0.05) is 12.1 Å². The molecule has 2 aromatic rings. The fourth-order valence-corrected chi connectivity index (χ4v) is 3.31. The standard InChI is InChI=1S/C18H19FN2O5S/c1-26-18(23)13-7-9-14(10-8-13)21(27(2,24)25)12-11-20-17(22)15-5-3-4-6-16(15)19/h3-10H,11-12H2,1-2H3,(H,20,22). The van der Waals surface area contributed by atoms with Crippen LogP contribution < -0.4 is 9.62 Å². The molecule has 0 spiro atoms. The Labute approximate surface area is 156 Å². The highest BCUT2D eigenvalue weighted by atomic mass is 32.2. The van der Waals surface area contributed by atoms with E-state index in [1.807, 2.05) is 0 Å². The van der Waals surface area contributed by atoms with Crippen LogP contribution in [0, 0.1) is 5.82 Å². The summed E-state index contributed by atoms with van der Waals surface area (Å²) in [5.74, 6) is -1.83. The van der Waals surface area contributed by atoms with Gasteiger partial charge in [0.05, 0.1) is 36.7 Å². The zero-order chi connectivity index (χ0) is 20.0. The maximum atomic E-state index is 13.6. The van der Waals surface area contributed by atoms with Crippen LogP contribution in [0.4, 0.5) is 10.1 Å². The molecular weight excluding hydrogens is 375 g/mol. The van der Waals surface area contributed by atoms with E-state index in [1.165, 1.54) is 55.6 Å². The van der Waals surface area contributed by atoms with Crippen LogP contribution in [0.25, 0.3) is 0 Å². The Morgan fingerprint density at radius 1 is 1.11 bits per heavy atom. The van der Waals surface area contributed by atoms with Gasteiger partial charge < -0.3 is 10.1 Å². The Kier molecular flexibility index (Phi) is 6.51. The molecule has 0 bridgehead atoms. The maximum absolute atomic E-state index is 13.6. The van der Waals surface area contributed by atoms with E-state index in [2.05, 4.69) is 10.1 Å². The highest BCUT2D eigenvalue weighted by molar-refractivity contribution is 7.92. The van der Waals surface area contributed by atoms with Crippen LogP contribution in [-0.4, -0.2) is 46.7 Å². The van der Waals surface area contributed by atoms with Gasteiger partial charge in [0.2, 0.25) is 10.0 Å². The predicted octanol–water partition coefficient (Wildman–Crippen LogP) is 1.81. The quantitative estimate of drug-likeness (QED) is 0.723. The lowest BCUT2D eigenvalue weighted by molar-refractivity contribution is 0.0600. The minimum Gasteiger partial charge on any atom is -0.465 e. The fourth-order valence-electron chi connectivity index (χ4n) is 2.38. The van der Waals surface area contributed by atoms with Crippen molar-refractivity contribution >= 4 is 27.6 Å². The van der Waals surface area contributed by atoms with E-state index in [-0.39, 0.29) is 24.2 Å². The summed E-state index contributed by atoms with van der Waals surface area (Å²) in [5.41, 5.74) is 0.485. The Morgan fingerprint density at radius 2 is 1.74 bits per heavy atom. The second-order valence-corrected chi connectivity index (χ2v) is 7.52. The number of amides is 1. The molecule has 7 nitrogen and oxygen atoms in total. The number of methoxy groups -OCH3 is 1. The summed E-state index contributed by atoms with van der Waals surface area (Å²) in [6.07, 6.45) is 1.03. The largest absolute Gasteiger partial charge is 0.465 e. The van der Waals surface area contributed by atoms with Crippen LogP contribution in [0.2, 0.25) is 0 Å². The number of esters is 1. The average molecular weight is 394 g/mol. The first-order chi connectivity index (χ1) is 12.7. The summed E-state index contributed by atoms with van der Waals surface area (Å²) in [7, 11) is -2.39. The Bertz CT molecular complexity index is 929. The molecule has 0 aliphatic heterocycles. The van der Waals surface area contributed by atoms with E-state index in [0.29, 0.717) is 5.69 Å². The fraction of sp³-hybridized carbons (Fsp3) is 0.222. The molecule has 0 saturated carbocycles. The molecule has 2 aromatic carbocycles. The first kappa shape index (κ1) is 20.4. The number of benzene rings is 2. The number of hydrogen-bond donors (Lipinski definition) is 1. The molecule has 0 unspecified atom stereocenters. The van der Waals surface area contributed by atoms with Gasteiger partial charge in [0.1, 0.15) is 5.82 Å². The van der Waals surface area contributed by atoms with Crippen LogP contribution in [0.1, 0.15) is 20.7 Å². The number of carbonyl (C=O) groups is 2. The van der Waals surface area contributed by atoms with Gasteiger partial charge in [0, 0.05) is 6.54 Å². The maximum Gasteiger partial charge on any atom is 0.337 e. The van der Waals surface area contributed by atoms with Gasteiger partial charge in [-0.15, -0.1) is 0 Å². The summed E-state index contributed by atoms with van der Waals surface area (Å²) in [4.78, 5) is 23.5.